The van der Waals surface area contributed by atoms with Gasteiger partial charge in [-0.25, -0.2) is 0 Å². The molecule has 0 aliphatic rings. The standard InChI is InChI=1S/C69H135NO8/c1-6-8-10-12-14-16-18-20-22-24-26-28-30-31-32-33-34-35-36-37-38-40-42-44-46-48-50-52-54-56-58-60-67(72)78-65(64-77-69(68(73)74)75-62-61-70(3,4)5)63-76-66(71)59-57-55-53-51-49-47-45-43-41-39-29-27-25-23-21-19-17-15-13-11-9-7-2/h65,69H,6-64H2,1-5H3. The van der Waals surface area contributed by atoms with Gasteiger partial charge in [0.25, 0.3) is 0 Å². The average molecular weight is 1110 g/mol. The third-order valence-corrected chi connectivity index (χ3v) is 16.1. The Balaban J connectivity index is 4.03. The van der Waals surface area contributed by atoms with Gasteiger partial charge in [0.1, 0.15) is 13.2 Å². The van der Waals surface area contributed by atoms with E-state index >= 15 is 0 Å². The van der Waals surface area contributed by atoms with Gasteiger partial charge in [0.2, 0.25) is 0 Å². The maximum absolute atomic E-state index is 12.9. The number of carbonyl (C=O) groups is 3. The van der Waals surface area contributed by atoms with E-state index in [2.05, 4.69) is 13.8 Å². The van der Waals surface area contributed by atoms with Gasteiger partial charge in [0.05, 0.1) is 40.3 Å². The molecule has 9 heteroatoms. The molecular weight excluding hydrogens is 971 g/mol. The second-order valence-electron chi connectivity index (χ2n) is 25.2. The first-order chi connectivity index (χ1) is 38.1. The fourth-order valence-electron chi connectivity index (χ4n) is 10.8. The van der Waals surface area contributed by atoms with Crippen LogP contribution in [-0.4, -0.2) is 82.3 Å². The number of ether oxygens (including phenoxy) is 4. The molecule has 0 spiro atoms. The molecule has 2 unspecified atom stereocenters. The second kappa shape index (κ2) is 61.4. The first kappa shape index (κ1) is 76.3. The predicted octanol–water partition coefficient (Wildman–Crippen LogP) is 19.8. The highest BCUT2D eigenvalue weighted by Crippen LogP contribution is 2.19. The fraction of sp³-hybridized carbons (Fsp3) is 0.957. The minimum absolute atomic E-state index is 0.154. The van der Waals surface area contributed by atoms with Crippen LogP contribution in [0.4, 0.5) is 0 Å². The summed E-state index contributed by atoms with van der Waals surface area (Å²) in [6.45, 7) is 4.84. The van der Waals surface area contributed by atoms with E-state index < -0.39 is 24.3 Å². The monoisotopic (exact) mass is 1110 g/mol. The minimum atomic E-state index is -1.62. The molecule has 0 aliphatic heterocycles. The van der Waals surface area contributed by atoms with Crippen LogP contribution in [-0.2, 0) is 33.3 Å². The number of quaternary nitrogens is 1. The average Bonchev–Trinajstić information content (AvgIpc) is 3.41. The molecule has 0 radical (unpaired) electrons. The molecule has 464 valence electrons. The number of rotatable bonds is 66. The summed E-state index contributed by atoms with van der Waals surface area (Å²) in [5, 5.41) is 11.8. The molecule has 0 N–H and O–H groups in total. The van der Waals surface area contributed by atoms with Crippen LogP contribution in [0.3, 0.4) is 0 Å². The largest absolute Gasteiger partial charge is 0.545 e. The molecule has 0 amide bonds. The summed E-state index contributed by atoms with van der Waals surface area (Å²) in [5.74, 6) is -2.24. The molecule has 0 heterocycles. The summed E-state index contributed by atoms with van der Waals surface area (Å²) >= 11 is 0. The van der Waals surface area contributed by atoms with Crippen molar-refractivity contribution in [3.8, 4) is 0 Å². The number of aliphatic carboxylic acids is 1. The summed E-state index contributed by atoms with van der Waals surface area (Å²) < 4.78 is 22.8. The molecular formula is C69H135NO8. The van der Waals surface area contributed by atoms with E-state index in [1.54, 1.807) is 0 Å². The SMILES string of the molecule is CCCCCCCCCCCCCCCCCCCCCCCCCCCCCCCCCC(=O)OC(COC(=O)CCCCCCCCCCCCCCCCCCCCCCCC)COC(OCC[N+](C)(C)C)C(=O)[O-]. The molecule has 0 fully saturated rings. The van der Waals surface area contributed by atoms with Crippen LogP contribution in [0.1, 0.15) is 367 Å². The van der Waals surface area contributed by atoms with Crippen molar-refractivity contribution in [2.75, 3.05) is 47.5 Å². The smallest absolute Gasteiger partial charge is 0.306 e. The number of carboxylic acid groups (broad SMARTS) is 1. The highest BCUT2D eigenvalue weighted by atomic mass is 16.7. The number of carboxylic acids is 1. The van der Waals surface area contributed by atoms with Gasteiger partial charge in [0, 0.05) is 12.8 Å². The van der Waals surface area contributed by atoms with Gasteiger partial charge in [-0.1, -0.05) is 341 Å². The Morgan fingerprint density at radius 2 is 0.577 bits per heavy atom. The molecule has 0 aromatic heterocycles. The van der Waals surface area contributed by atoms with E-state index in [4.69, 9.17) is 18.9 Å². The van der Waals surface area contributed by atoms with E-state index in [0.29, 0.717) is 17.4 Å². The number of likely N-dealkylation sites (N-methyl/N-ethyl adjacent to an activating group) is 1. The Bertz CT molecular complexity index is 1240. The number of unbranched alkanes of at least 4 members (excludes halogenated alkanes) is 51. The number of hydrogen-bond donors (Lipinski definition) is 0. The zero-order valence-electron chi connectivity index (χ0n) is 53.1. The van der Waals surface area contributed by atoms with E-state index in [0.717, 1.165) is 38.5 Å². The lowest BCUT2D eigenvalue weighted by Crippen LogP contribution is -2.44. The summed E-state index contributed by atoms with van der Waals surface area (Å²) in [6, 6.07) is 0. The van der Waals surface area contributed by atoms with Crippen molar-refractivity contribution >= 4 is 17.9 Å². The fourth-order valence-corrected chi connectivity index (χ4v) is 10.8. The van der Waals surface area contributed by atoms with E-state index in [1.807, 2.05) is 21.1 Å². The Kier molecular flexibility index (Phi) is 60.0. The third-order valence-electron chi connectivity index (χ3n) is 16.1. The lowest BCUT2D eigenvalue weighted by atomic mass is 10.0. The van der Waals surface area contributed by atoms with Crippen molar-refractivity contribution in [2.45, 2.75) is 379 Å². The normalized spacial score (nSPS) is 12.6. The van der Waals surface area contributed by atoms with Crippen molar-refractivity contribution < 1.29 is 42.9 Å². The lowest BCUT2D eigenvalue weighted by Gasteiger charge is -2.26. The van der Waals surface area contributed by atoms with Gasteiger partial charge in [-0.2, -0.15) is 0 Å². The molecule has 0 rings (SSSR count). The van der Waals surface area contributed by atoms with E-state index in [-0.39, 0.29) is 32.2 Å². The molecule has 0 aromatic carbocycles. The van der Waals surface area contributed by atoms with Gasteiger partial charge in [0.15, 0.2) is 12.4 Å². The molecule has 78 heavy (non-hydrogen) atoms. The number of esters is 2. The first-order valence-corrected chi connectivity index (χ1v) is 34.7. The Hall–Kier alpha value is -1.71. The summed E-state index contributed by atoms with van der Waals surface area (Å²) in [5.41, 5.74) is 0. The van der Waals surface area contributed by atoms with Crippen molar-refractivity contribution in [3.63, 3.8) is 0 Å². The van der Waals surface area contributed by atoms with Crippen LogP contribution < -0.4 is 5.11 Å². The zero-order chi connectivity index (χ0) is 56.9. The Morgan fingerprint density at radius 1 is 0.333 bits per heavy atom. The summed E-state index contributed by atoms with van der Waals surface area (Å²) in [7, 11) is 5.95. The van der Waals surface area contributed by atoms with Crippen LogP contribution in [0.25, 0.3) is 0 Å². The van der Waals surface area contributed by atoms with Crippen molar-refractivity contribution in [1.29, 1.82) is 0 Å². The van der Waals surface area contributed by atoms with Gasteiger partial charge in [-0.3, -0.25) is 9.59 Å². The van der Waals surface area contributed by atoms with Crippen LogP contribution >= 0.6 is 0 Å². The van der Waals surface area contributed by atoms with Gasteiger partial charge < -0.3 is 33.3 Å². The van der Waals surface area contributed by atoms with Crippen molar-refractivity contribution in [1.82, 2.24) is 0 Å². The maximum Gasteiger partial charge on any atom is 0.306 e. The molecule has 0 bridgehead atoms. The predicted molar refractivity (Wildman–Crippen MR) is 330 cm³/mol. The van der Waals surface area contributed by atoms with Crippen LogP contribution in [0.15, 0.2) is 0 Å². The summed E-state index contributed by atoms with van der Waals surface area (Å²) in [6.07, 6.45) is 69.1. The zero-order valence-corrected chi connectivity index (χ0v) is 53.1. The number of nitrogens with zero attached hydrogens (tertiary/aromatic N) is 1. The van der Waals surface area contributed by atoms with Crippen LogP contribution in [0.5, 0.6) is 0 Å². The topological polar surface area (TPSA) is 111 Å². The lowest BCUT2D eigenvalue weighted by molar-refractivity contribution is -0.870. The summed E-state index contributed by atoms with van der Waals surface area (Å²) in [4.78, 5) is 37.4. The quantitative estimate of drug-likeness (QED) is 0.0256. The third kappa shape index (κ3) is 61.9. The highest BCUT2D eigenvalue weighted by molar-refractivity contribution is 5.70. The Labute approximate surface area is 485 Å². The minimum Gasteiger partial charge on any atom is -0.545 e. The molecule has 0 saturated heterocycles. The van der Waals surface area contributed by atoms with Gasteiger partial charge in [-0.15, -0.1) is 0 Å². The van der Waals surface area contributed by atoms with Gasteiger partial charge >= 0.3 is 11.9 Å². The number of carbonyl (C=O) groups excluding carboxylic acids is 3. The Morgan fingerprint density at radius 3 is 0.821 bits per heavy atom. The second-order valence-corrected chi connectivity index (χ2v) is 25.2. The molecule has 2 atom stereocenters. The van der Waals surface area contributed by atoms with Crippen LogP contribution in [0, 0.1) is 0 Å². The van der Waals surface area contributed by atoms with Gasteiger partial charge in [-0.05, 0) is 12.8 Å². The molecule has 0 aromatic rings. The highest BCUT2D eigenvalue weighted by Gasteiger charge is 2.22. The van der Waals surface area contributed by atoms with Crippen molar-refractivity contribution in [3.05, 3.63) is 0 Å². The molecule has 0 saturated carbocycles. The van der Waals surface area contributed by atoms with E-state index in [1.165, 1.54) is 302 Å². The maximum atomic E-state index is 12.9. The molecule has 0 aliphatic carbocycles. The number of hydrogen-bond acceptors (Lipinski definition) is 8. The molecule has 9 nitrogen and oxygen atoms in total. The van der Waals surface area contributed by atoms with Crippen molar-refractivity contribution in [2.24, 2.45) is 0 Å². The van der Waals surface area contributed by atoms with E-state index in [9.17, 15) is 19.5 Å². The van der Waals surface area contributed by atoms with Crippen LogP contribution in [0.2, 0.25) is 0 Å². The first-order valence-electron chi connectivity index (χ1n) is 34.7.